The van der Waals surface area contributed by atoms with Crippen molar-refractivity contribution in [2.45, 2.75) is 26.4 Å². The van der Waals surface area contributed by atoms with E-state index < -0.39 is 0 Å². The first-order chi connectivity index (χ1) is 12.1. The average molecular weight is 335 g/mol. The van der Waals surface area contributed by atoms with E-state index in [4.69, 9.17) is 4.52 Å². The molecule has 1 aliphatic heterocycles. The van der Waals surface area contributed by atoms with E-state index in [2.05, 4.69) is 20.1 Å². The van der Waals surface area contributed by atoms with E-state index in [0.29, 0.717) is 23.8 Å². The second-order valence-electron chi connectivity index (χ2n) is 6.36. The molecule has 0 unspecified atom stereocenters. The smallest absolute Gasteiger partial charge is 0.255 e. The summed E-state index contributed by atoms with van der Waals surface area (Å²) in [5, 5.41) is 4.03. The van der Waals surface area contributed by atoms with E-state index in [1.807, 2.05) is 38.1 Å². The van der Waals surface area contributed by atoms with Crippen LogP contribution in [0.5, 0.6) is 0 Å². The van der Waals surface area contributed by atoms with Gasteiger partial charge >= 0.3 is 0 Å². The van der Waals surface area contributed by atoms with Crippen LogP contribution in [0.2, 0.25) is 0 Å². The van der Waals surface area contributed by atoms with Gasteiger partial charge in [-0.25, -0.2) is 9.97 Å². The molecule has 0 aliphatic carbocycles. The third-order valence-electron chi connectivity index (χ3n) is 4.33. The average Bonchev–Trinajstić information content (AvgIpc) is 3.22. The number of fused-ring (bicyclic) bond motifs is 1. The van der Waals surface area contributed by atoms with Gasteiger partial charge in [0.2, 0.25) is 11.7 Å². The van der Waals surface area contributed by atoms with Gasteiger partial charge in [0, 0.05) is 24.5 Å². The summed E-state index contributed by atoms with van der Waals surface area (Å²) in [6, 6.07) is 7.37. The number of hydrogen-bond donors (Lipinski definition) is 0. The first-order valence-electron chi connectivity index (χ1n) is 8.13. The maximum absolute atomic E-state index is 12.8. The molecule has 0 saturated heterocycles. The SMILES string of the molecule is CC(C)[C@H](c1nc(-c2cncnc2)no1)N1Cc2ccccc2C1=O. The molecule has 3 heterocycles. The summed E-state index contributed by atoms with van der Waals surface area (Å²) in [5.41, 5.74) is 2.44. The molecule has 126 valence electrons. The summed E-state index contributed by atoms with van der Waals surface area (Å²) < 4.78 is 5.49. The van der Waals surface area contributed by atoms with Crippen LogP contribution in [0.4, 0.5) is 0 Å². The van der Waals surface area contributed by atoms with Crippen molar-refractivity contribution in [2.75, 3.05) is 0 Å². The maximum Gasteiger partial charge on any atom is 0.255 e. The van der Waals surface area contributed by atoms with E-state index in [1.165, 1.54) is 6.33 Å². The Morgan fingerprint density at radius 1 is 1.16 bits per heavy atom. The monoisotopic (exact) mass is 335 g/mol. The Morgan fingerprint density at radius 2 is 1.92 bits per heavy atom. The van der Waals surface area contributed by atoms with Crippen molar-refractivity contribution in [3.05, 3.63) is 60.0 Å². The van der Waals surface area contributed by atoms with Crippen LogP contribution in [0.25, 0.3) is 11.4 Å². The summed E-state index contributed by atoms with van der Waals surface area (Å²) in [6.07, 6.45) is 4.70. The predicted octanol–water partition coefficient (Wildman–Crippen LogP) is 2.88. The summed E-state index contributed by atoms with van der Waals surface area (Å²) in [7, 11) is 0. The maximum atomic E-state index is 12.8. The molecule has 1 aromatic carbocycles. The Labute approximate surface area is 144 Å². The summed E-state index contributed by atoms with van der Waals surface area (Å²) in [4.78, 5) is 27.0. The normalized spacial score (nSPS) is 14.8. The van der Waals surface area contributed by atoms with Gasteiger partial charge in [-0.3, -0.25) is 4.79 Å². The van der Waals surface area contributed by atoms with Gasteiger partial charge in [0.25, 0.3) is 5.91 Å². The highest BCUT2D eigenvalue weighted by molar-refractivity contribution is 5.98. The van der Waals surface area contributed by atoms with Crippen LogP contribution >= 0.6 is 0 Å². The lowest BCUT2D eigenvalue weighted by Gasteiger charge is -2.27. The number of amides is 1. The van der Waals surface area contributed by atoms with E-state index >= 15 is 0 Å². The zero-order valence-corrected chi connectivity index (χ0v) is 14.0. The van der Waals surface area contributed by atoms with Gasteiger partial charge in [-0.15, -0.1) is 0 Å². The fraction of sp³-hybridized carbons (Fsp3) is 0.278. The Hall–Kier alpha value is -3.09. The van der Waals surface area contributed by atoms with Crippen molar-refractivity contribution in [3.8, 4) is 11.4 Å². The van der Waals surface area contributed by atoms with Crippen molar-refractivity contribution in [1.82, 2.24) is 25.0 Å². The lowest BCUT2D eigenvalue weighted by atomic mass is 10.0. The minimum atomic E-state index is -0.286. The van der Waals surface area contributed by atoms with Crippen molar-refractivity contribution in [1.29, 1.82) is 0 Å². The van der Waals surface area contributed by atoms with Gasteiger partial charge < -0.3 is 9.42 Å². The molecule has 7 heteroatoms. The number of rotatable bonds is 4. The molecule has 7 nitrogen and oxygen atoms in total. The number of carbonyl (C=O) groups is 1. The molecule has 4 rings (SSSR count). The molecule has 0 spiro atoms. The van der Waals surface area contributed by atoms with Crippen molar-refractivity contribution in [3.63, 3.8) is 0 Å². The highest BCUT2D eigenvalue weighted by Crippen LogP contribution is 2.35. The van der Waals surface area contributed by atoms with E-state index in [1.54, 1.807) is 17.3 Å². The Morgan fingerprint density at radius 3 is 2.64 bits per heavy atom. The topological polar surface area (TPSA) is 85.0 Å². The van der Waals surface area contributed by atoms with Gasteiger partial charge in [0.1, 0.15) is 12.4 Å². The van der Waals surface area contributed by atoms with Crippen LogP contribution in [0.1, 0.15) is 41.7 Å². The van der Waals surface area contributed by atoms with Gasteiger partial charge in [0.15, 0.2) is 0 Å². The number of aromatic nitrogens is 4. The third-order valence-corrected chi connectivity index (χ3v) is 4.33. The minimum Gasteiger partial charge on any atom is -0.337 e. The fourth-order valence-corrected chi connectivity index (χ4v) is 3.17. The minimum absolute atomic E-state index is 0.00269. The van der Waals surface area contributed by atoms with Gasteiger partial charge in [-0.1, -0.05) is 37.2 Å². The van der Waals surface area contributed by atoms with Gasteiger partial charge in [0.05, 0.1) is 5.56 Å². The van der Waals surface area contributed by atoms with E-state index in [0.717, 1.165) is 11.1 Å². The molecule has 0 N–H and O–H groups in total. The van der Waals surface area contributed by atoms with Crippen LogP contribution in [-0.2, 0) is 6.54 Å². The number of nitrogens with zero attached hydrogens (tertiary/aromatic N) is 5. The molecule has 0 bridgehead atoms. The number of benzene rings is 1. The highest BCUT2D eigenvalue weighted by atomic mass is 16.5. The Balaban J connectivity index is 1.68. The van der Waals surface area contributed by atoms with Crippen molar-refractivity contribution in [2.24, 2.45) is 5.92 Å². The van der Waals surface area contributed by atoms with Gasteiger partial charge in [-0.05, 0) is 17.5 Å². The quantitative estimate of drug-likeness (QED) is 0.729. The molecule has 0 fully saturated rings. The molecular weight excluding hydrogens is 318 g/mol. The summed E-state index contributed by atoms with van der Waals surface area (Å²) >= 11 is 0. The highest BCUT2D eigenvalue weighted by Gasteiger charge is 2.37. The van der Waals surface area contributed by atoms with Crippen LogP contribution in [-0.4, -0.2) is 30.9 Å². The molecule has 2 aromatic heterocycles. The summed E-state index contributed by atoms with van der Waals surface area (Å²) in [5.74, 6) is 0.969. The van der Waals surface area contributed by atoms with Crippen LogP contribution < -0.4 is 0 Å². The fourth-order valence-electron chi connectivity index (χ4n) is 3.17. The molecule has 1 aliphatic rings. The lowest BCUT2D eigenvalue weighted by molar-refractivity contribution is 0.0596. The van der Waals surface area contributed by atoms with Crippen LogP contribution in [0.3, 0.4) is 0 Å². The van der Waals surface area contributed by atoms with Crippen LogP contribution in [0, 0.1) is 5.92 Å². The van der Waals surface area contributed by atoms with E-state index in [9.17, 15) is 4.79 Å². The first-order valence-corrected chi connectivity index (χ1v) is 8.13. The zero-order valence-electron chi connectivity index (χ0n) is 14.0. The summed E-state index contributed by atoms with van der Waals surface area (Å²) in [6.45, 7) is 4.62. The van der Waals surface area contributed by atoms with Gasteiger partial charge in [-0.2, -0.15) is 4.98 Å². The third kappa shape index (κ3) is 2.67. The lowest BCUT2D eigenvalue weighted by Crippen LogP contribution is -2.32. The second kappa shape index (κ2) is 6.08. The Kier molecular flexibility index (Phi) is 3.76. The molecule has 1 amide bonds. The molecule has 25 heavy (non-hydrogen) atoms. The van der Waals surface area contributed by atoms with Crippen molar-refractivity contribution >= 4 is 5.91 Å². The molecule has 0 radical (unpaired) electrons. The predicted molar refractivity (Wildman–Crippen MR) is 89.2 cm³/mol. The van der Waals surface area contributed by atoms with Crippen molar-refractivity contribution < 1.29 is 9.32 Å². The largest absolute Gasteiger partial charge is 0.337 e. The first kappa shape index (κ1) is 15.4. The Bertz CT molecular complexity index is 907. The molecule has 1 atom stereocenters. The molecule has 3 aromatic rings. The standard InChI is InChI=1S/C18H17N5O2/c1-11(2)15(23-9-12-5-3-4-6-14(12)18(23)24)17-21-16(22-25-17)13-7-19-10-20-8-13/h3-8,10-11,15H,9H2,1-2H3/t15-/m1/s1. The zero-order chi connectivity index (χ0) is 17.4. The number of hydrogen-bond acceptors (Lipinski definition) is 6. The molecule has 0 saturated carbocycles. The number of carbonyl (C=O) groups excluding carboxylic acids is 1. The second-order valence-corrected chi connectivity index (χ2v) is 6.36. The van der Waals surface area contributed by atoms with Crippen LogP contribution in [0.15, 0.2) is 47.5 Å². The molecular formula is C18H17N5O2. The van der Waals surface area contributed by atoms with E-state index in [-0.39, 0.29) is 17.9 Å².